The first kappa shape index (κ1) is 13.3. The Morgan fingerprint density at radius 1 is 1.18 bits per heavy atom. The molecule has 2 fully saturated rings. The van der Waals surface area contributed by atoms with Crippen molar-refractivity contribution in [3.63, 3.8) is 0 Å². The van der Waals surface area contributed by atoms with Crippen LogP contribution in [0.2, 0.25) is 0 Å². The van der Waals surface area contributed by atoms with Gasteiger partial charge in [0.15, 0.2) is 0 Å². The highest BCUT2D eigenvalue weighted by molar-refractivity contribution is 4.84. The quantitative estimate of drug-likeness (QED) is 0.795. The second kappa shape index (κ2) is 6.72. The van der Waals surface area contributed by atoms with Crippen molar-refractivity contribution in [3.05, 3.63) is 0 Å². The summed E-state index contributed by atoms with van der Waals surface area (Å²) in [6, 6.07) is 1.57. The minimum atomic E-state index is 0.509. The number of piperidine rings is 1. The van der Waals surface area contributed by atoms with E-state index in [1.807, 2.05) is 0 Å². The molecule has 0 spiro atoms. The summed E-state index contributed by atoms with van der Waals surface area (Å²) in [4.78, 5) is 2.65. The minimum absolute atomic E-state index is 0.509. The highest BCUT2D eigenvalue weighted by Gasteiger charge is 2.28. The molecule has 0 aromatic heterocycles. The zero-order valence-corrected chi connectivity index (χ0v) is 11.5. The van der Waals surface area contributed by atoms with Crippen molar-refractivity contribution in [3.8, 4) is 0 Å². The molecule has 0 aromatic rings. The van der Waals surface area contributed by atoms with E-state index in [2.05, 4.69) is 24.1 Å². The number of ether oxygens (including phenoxy) is 1. The lowest BCUT2D eigenvalue weighted by atomic mass is 10.1. The summed E-state index contributed by atoms with van der Waals surface area (Å²) in [5.74, 6) is 0. The molecule has 0 amide bonds. The van der Waals surface area contributed by atoms with Crippen molar-refractivity contribution in [2.75, 3.05) is 26.2 Å². The highest BCUT2D eigenvalue weighted by Crippen LogP contribution is 2.25. The summed E-state index contributed by atoms with van der Waals surface area (Å²) in [5.41, 5.74) is 0. The lowest BCUT2D eigenvalue weighted by molar-refractivity contribution is 0.0135. The van der Waals surface area contributed by atoms with Crippen LogP contribution in [-0.2, 0) is 4.74 Å². The van der Waals surface area contributed by atoms with Crippen molar-refractivity contribution in [2.45, 2.75) is 64.1 Å². The second-order valence-electron chi connectivity index (χ2n) is 5.55. The topological polar surface area (TPSA) is 24.5 Å². The van der Waals surface area contributed by atoms with Gasteiger partial charge in [-0.15, -0.1) is 0 Å². The van der Waals surface area contributed by atoms with Crippen LogP contribution in [-0.4, -0.2) is 49.3 Å². The Hall–Kier alpha value is -0.120. The fourth-order valence-corrected chi connectivity index (χ4v) is 3.25. The molecule has 2 aliphatic heterocycles. The number of likely N-dealkylation sites (tertiary alicyclic amines) is 1. The van der Waals surface area contributed by atoms with Gasteiger partial charge in [0.1, 0.15) is 0 Å². The van der Waals surface area contributed by atoms with Crippen molar-refractivity contribution in [2.24, 2.45) is 0 Å². The fraction of sp³-hybridized carbons (Fsp3) is 1.00. The molecular formula is C14H28N2O. The predicted octanol–water partition coefficient (Wildman–Crippen LogP) is 2.02. The molecule has 100 valence electrons. The summed E-state index contributed by atoms with van der Waals surface area (Å²) in [7, 11) is 0. The van der Waals surface area contributed by atoms with Crippen LogP contribution < -0.4 is 5.32 Å². The van der Waals surface area contributed by atoms with E-state index in [0.717, 1.165) is 38.3 Å². The third kappa shape index (κ3) is 3.67. The van der Waals surface area contributed by atoms with Crippen LogP contribution in [0.5, 0.6) is 0 Å². The van der Waals surface area contributed by atoms with Crippen LogP contribution in [0.4, 0.5) is 0 Å². The van der Waals surface area contributed by atoms with Crippen molar-refractivity contribution < 1.29 is 4.74 Å². The van der Waals surface area contributed by atoms with Crippen LogP contribution >= 0.6 is 0 Å². The first-order valence-electron chi connectivity index (χ1n) is 7.39. The average molecular weight is 240 g/mol. The lowest BCUT2D eigenvalue weighted by Crippen LogP contribution is -2.38. The van der Waals surface area contributed by atoms with Gasteiger partial charge in [-0.2, -0.15) is 0 Å². The number of rotatable bonds is 5. The van der Waals surface area contributed by atoms with Gasteiger partial charge < -0.3 is 10.1 Å². The maximum atomic E-state index is 6.00. The molecule has 2 unspecified atom stereocenters. The predicted molar refractivity (Wildman–Crippen MR) is 71.3 cm³/mol. The smallest absolute Gasteiger partial charge is 0.0600 e. The van der Waals surface area contributed by atoms with Gasteiger partial charge in [-0.25, -0.2) is 0 Å². The maximum Gasteiger partial charge on any atom is 0.0600 e. The molecule has 0 bridgehead atoms. The van der Waals surface area contributed by atoms with Gasteiger partial charge in [-0.1, -0.05) is 6.92 Å². The summed E-state index contributed by atoms with van der Waals surface area (Å²) < 4.78 is 6.00. The second-order valence-corrected chi connectivity index (χ2v) is 5.55. The van der Waals surface area contributed by atoms with Gasteiger partial charge >= 0.3 is 0 Å². The van der Waals surface area contributed by atoms with Crippen LogP contribution in [0.1, 0.15) is 46.0 Å². The number of hydrogen-bond donors (Lipinski definition) is 1. The number of nitrogens with one attached hydrogen (secondary N) is 1. The molecule has 2 atom stereocenters. The molecule has 3 heteroatoms. The van der Waals surface area contributed by atoms with Gasteiger partial charge in [0.2, 0.25) is 0 Å². The third-order valence-electron chi connectivity index (χ3n) is 4.41. The van der Waals surface area contributed by atoms with E-state index in [1.54, 1.807) is 0 Å². The minimum Gasteiger partial charge on any atom is -0.377 e. The molecule has 2 saturated heterocycles. The Morgan fingerprint density at radius 2 is 1.94 bits per heavy atom. The molecule has 2 heterocycles. The normalized spacial score (nSPS) is 32.1. The molecule has 0 saturated carbocycles. The van der Waals surface area contributed by atoms with Crippen LogP contribution in [0, 0.1) is 0 Å². The highest BCUT2D eigenvalue weighted by atomic mass is 16.5. The molecule has 3 nitrogen and oxygen atoms in total. The molecule has 0 radical (unpaired) electrons. The summed E-state index contributed by atoms with van der Waals surface area (Å²) >= 11 is 0. The standard InChI is InChI=1S/C14H28N2O/c1-3-13-5-4-12(2)16(13)10-11-17-14-6-8-15-9-7-14/h12-15H,3-11H2,1-2H3. The zero-order chi connectivity index (χ0) is 12.1. The molecule has 0 aromatic carbocycles. The van der Waals surface area contributed by atoms with E-state index in [4.69, 9.17) is 4.74 Å². The summed E-state index contributed by atoms with van der Waals surface area (Å²) in [6.07, 6.45) is 6.92. The Bertz CT molecular complexity index is 216. The van der Waals surface area contributed by atoms with Gasteiger partial charge in [-0.05, 0) is 52.1 Å². The lowest BCUT2D eigenvalue weighted by Gasteiger charge is -2.29. The Morgan fingerprint density at radius 3 is 2.65 bits per heavy atom. The van der Waals surface area contributed by atoms with E-state index in [0.29, 0.717) is 6.10 Å². The van der Waals surface area contributed by atoms with E-state index in [1.165, 1.54) is 32.1 Å². The molecule has 2 aliphatic rings. The molecule has 2 rings (SSSR count). The van der Waals surface area contributed by atoms with Crippen LogP contribution in [0.3, 0.4) is 0 Å². The largest absolute Gasteiger partial charge is 0.377 e. The van der Waals surface area contributed by atoms with E-state index in [-0.39, 0.29) is 0 Å². The monoisotopic (exact) mass is 240 g/mol. The fourth-order valence-electron chi connectivity index (χ4n) is 3.25. The summed E-state index contributed by atoms with van der Waals surface area (Å²) in [5, 5.41) is 3.38. The summed E-state index contributed by atoms with van der Waals surface area (Å²) in [6.45, 7) is 8.98. The maximum absolute atomic E-state index is 6.00. The van der Waals surface area contributed by atoms with Crippen LogP contribution in [0.15, 0.2) is 0 Å². The van der Waals surface area contributed by atoms with Gasteiger partial charge in [-0.3, -0.25) is 4.90 Å². The molecule has 0 aliphatic carbocycles. The Labute approximate surface area is 106 Å². The third-order valence-corrected chi connectivity index (χ3v) is 4.41. The van der Waals surface area contributed by atoms with Gasteiger partial charge in [0, 0.05) is 18.6 Å². The van der Waals surface area contributed by atoms with E-state index in [9.17, 15) is 0 Å². The number of hydrogen-bond acceptors (Lipinski definition) is 3. The molecule has 17 heavy (non-hydrogen) atoms. The molecule has 1 N–H and O–H groups in total. The SMILES string of the molecule is CCC1CCC(C)N1CCOC1CCNCC1. The Balaban J connectivity index is 1.66. The van der Waals surface area contributed by atoms with Crippen molar-refractivity contribution >= 4 is 0 Å². The van der Waals surface area contributed by atoms with Crippen molar-refractivity contribution in [1.29, 1.82) is 0 Å². The average Bonchev–Trinajstić information content (AvgIpc) is 2.72. The van der Waals surface area contributed by atoms with E-state index < -0.39 is 0 Å². The first-order chi connectivity index (χ1) is 8.31. The first-order valence-corrected chi connectivity index (χ1v) is 7.39. The van der Waals surface area contributed by atoms with E-state index >= 15 is 0 Å². The molecular weight excluding hydrogens is 212 g/mol. The van der Waals surface area contributed by atoms with Gasteiger partial charge in [0.25, 0.3) is 0 Å². The zero-order valence-electron chi connectivity index (χ0n) is 11.5. The van der Waals surface area contributed by atoms with Crippen LogP contribution in [0.25, 0.3) is 0 Å². The number of nitrogens with zero attached hydrogens (tertiary/aromatic N) is 1. The van der Waals surface area contributed by atoms with Gasteiger partial charge in [0.05, 0.1) is 12.7 Å². The Kier molecular flexibility index (Phi) is 5.26. The van der Waals surface area contributed by atoms with Crippen molar-refractivity contribution in [1.82, 2.24) is 10.2 Å².